The monoisotopic (exact) mass is 353 g/mol. The van der Waals surface area contributed by atoms with Gasteiger partial charge in [0, 0.05) is 43.4 Å². The summed E-state index contributed by atoms with van der Waals surface area (Å²) < 4.78 is 1.87. The number of ketones is 1. The summed E-state index contributed by atoms with van der Waals surface area (Å²) in [6, 6.07) is 8.22. The Kier molecular flexibility index (Phi) is 5.33. The van der Waals surface area contributed by atoms with E-state index in [1.807, 2.05) is 23.9 Å². The van der Waals surface area contributed by atoms with Crippen LogP contribution in [-0.2, 0) is 19.0 Å². The predicted molar refractivity (Wildman–Crippen MR) is 105 cm³/mol. The van der Waals surface area contributed by atoms with E-state index in [2.05, 4.69) is 56.0 Å². The van der Waals surface area contributed by atoms with E-state index < -0.39 is 0 Å². The highest BCUT2D eigenvalue weighted by Crippen LogP contribution is 2.26. The summed E-state index contributed by atoms with van der Waals surface area (Å²) in [4.78, 5) is 15.4. The largest absolute Gasteiger partial charge is 0.298 e. The number of hydrogen-bond donors (Lipinski definition) is 0. The molecular formula is C22H31N3O. The summed E-state index contributed by atoms with van der Waals surface area (Å²) in [6.07, 6.45) is 4.16. The Balaban J connectivity index is 1.67. The molecule has 0 amide bonds. The van der Waals surface area contributed by atoms with E-state index in [4.69, 9.17) is 0 Å². The fourth-order valence-corrected chi connectivity index (χ4v) is 3.83. The number of carbonyl (C=O) groups is 1. The first kappa shape index (κ1) is 18.8. The van der Waals surface area contributed by atoms with Crippen LogP contribution >= 0.6 is 0 Å². The summed E-state index contributed by atoms with van der Waals surface area (Å²) >= 11 is 0. The third-order valence-corrected chi connectivity index (χ3v) is 5.42. The molecule has 1 aromatic carbocycles. The zero-order chi connectivity index (χ0) is 18.9. The lowest BCUT2D eigenvalue weighted by Gasteiger charge is -2.32. The zero-order valence-corrected chi connectivity index (χ0v) is 16.7. The fraction of sp³-hybridized carbons (Fsp3) is 0.545. The van der Waals surface area contributed by atoms with Gasteiger partial charge in [0.15, 0.2) is 5.78 Å². The third kappa shape index (κ3) is 4.24. The van der Waals surface area contributed by atoms with Crippen LogP contribution in [0.5, 0.6) is 0 Å². The second-order valence-electron chi connectivity index (χ2n) is 8.68. The normalized spacial score (nSPS) is 18.9. The van der Waals surface area contributed by atoms with Crippen molar-refractivity contribution in [3.63, 3.8) is 0 Å². The van der Waals surface area contributed by atoms with Gasteiger partial charge in [0.1, 0.15) is 0 Å². The molecule has 0 N–H and O–H groups in total. The predicted octanol–water partition coefficient (Wildman–Crippen LogP) is 4.12. The molecule has 2 heterocycles. The van der Waals surface area contributed by atoms with Crippen molar-refractivity contribution in [1.82, 2.24) is 14.7 Å². The fourth-order valence-electron chi connectivity index (χ4n) is 3.83. The minimum atomic E-state index is 0.0983. The first-order valence-corrected chi connectivity index (χ1v) is 9.60. The van der Waals surface area contributed by atoms with Gasteiger partial charge in [-0.1, -0.05) is 45.0 Å². The number of benzene rings is 1. The van der Waals surface area contributed by atoms with Crippen molar-refractivity contribution in [3.8, 4) is 0 Å². The molecule has 1 saturated heterocycles. The lowest BCUT2D eigenvalue weighted by molar-refractivity contribution is 0.0811. The van der Waals surface area contributed by atoms with Crippen LogP contribution in [0.15, 0.2) is 30.5 Å². The molecule has 4 nitrogen and oxygen atoms in total. The van der Waals surface area contributed by atoms with E-state index in [1.165, 1.54) is 11.1 Å². The van der Waals surface area contributed by atoms with Gasteiger partial charge in [0.2, 0.25) is 0 Å². The van der Waals surface area contributed by atoms with Gasteiger partial charge in [-0.3, -0.25) is 14.4 Å². The average molecular weight is 354 g/mol. The Morgan fingerprint density at radius 2 is 1.92 bits per heavy atom. The minimum Gasteiger partial charge on any atom is -0.298 e. The van der Waals surface area contributed by atoms with E-state index >= 15 is 0 Å². The molecule has 1 fully saturated rings. The highest BCUT2D eigenvalue weighted by Gasteiger charge is 2.27. The number of carbonyl (C=O) groups excluding carboxylic acids is 1. The van der Waals surface area contributed by atoms with Crippen LogP contribution in [0.4, 0.5) is 0 Å². The van der Waals surface area contributed by atoms with Gasteiger partial charge < -0.3 is 0 Å². The number of hydrogen-bond acceptors (Lipinski definition) is 3. The summed E-state index contributed by atoms with van der Waals surface area (Å²) in [7, 11) is 1.96. The molecule has 1 aliphatic rings. The highest BCUT2D eigenvalue weighted by molar-refractivity contribution is 5.98. The first-order valence-electron chi connectivity index (χ1n) is 9.60. The van der Waals surface area contributed by atoms with Crippen molar-refractivity contribution < 1.29 is 4.79 Å². The molecule has 26 heavy (non-hydrogen) atoms. The van der Waals surface area contributed by atoms with Crippen LogP contribution < -0.4 is 0 Å². The number of Topliss-reactive ketones (excluding diaryl/α,β-unsaturated/α-hetero) is 1. The molecule has 0 spiro atoms. The van der Waals surface area contributed by atoms with Crippen molar-refractivity contribution in [2.75, 3.05) is 13.1 Å². The first-order chi connectivity index (χ1) is 12.2. The second-order valence-corrected chi connectivity index (χ2v) is 8.68. The molecule has 1 aromatic heterocycles. The maximum Gasteiger partial charge on any atom is 0.167 e. The van der Waals surface area contributed by atoms with Crippen LogP contribution in [0.3, 0.4) is 0 Å². The third-order valence-electron chi connectivity index (χ3n) is 5.42. The molecule has 2 aromatic rings. The molecule has 140 valence electrons. The van der Waals surface area contributed by atoms with Crippen LogP contribution in [0.2, 0.25) is 0 Å². The van der Waals surface area contributed by atoms with Crippen LogP contribution in [0.25, 0.3) is 0 Å². The van der Waals surface area contributed by atoms with E-state index in [9.17, 15) is 4.79 Å². The van der Waals surface area contributed by atoms with Gasteiger partial charge in [-0.05, 0) is 37.3 Å². The lowest BCUT2D eigenvalue weighted by atomic mass is 9.85. The Morgan fingerprint density at radius 3 is 2.50 bits per heavy atom. The van der Waals surface area contributed by atoms with Crippen molar-refractivity contribution >= 4 is 5.78 Å². The van der Waals surface area contributed by atoms with E-state index in [0.717, 1.165) is 43.7 Å². The number of aryl methyl sites for hydroxylation is 2. The summed E-state index contributed by atoms with van der Waals surface area (Å²) in [6.45, 7) is 11.4. The van der Waals surface area contributed by atoms with Gasteiger partial charge in [-0.25, -0.2) is 0 Å². The SMILES string of the molecule is Cc1nn(C)cc1CN1CCC[C@@H](C(=O)c2ccc(C(C)(C)C)cc2)C1. The number of rotatable bonds is 4. The highest BCUT2D eigenvalue weighted by atomic mass is 16.1. The van der Waals surface area contributed by atoms with Gasteiger partial charge in [-0.15, -0.1) is 0 Å². The van der Waals surface area contributed by atoms with Gasteiger partial charge in [-0.2, -0.15) is 5.10 Å². The van der Waals surface area contributed by atoms with Crippen LogP contribution in [0, 0.1) is 12.8 Å². The van der Waals surface area contributed by atoms with E-state index in [-0.39, 0.29) is 17.1 Å². The van der Waals surface area contributed by atoms with E-state index in [1.54, 1.807) is 0 Å². The Morgan fingerprint density at radius 1 is 1.23 bits per heavy atom. The summed E-state index contributed by atoms with van der Waals surface area (Å²) in [5.41, 5.74) is 4.58. The van der Waals surface area contributed by atoms with Gasteiger partial charge >= 0.3 is 0 Å². The molecule has 0 unspecified atom stereocenters. The number of likely N-dealkylation sites (tertiary alicyclic amines) is 1. The van der Waals surface area contributed by atoms with Crippen LogP contribution in [0.1, 0.15) is 60.8 Å². The van der Waals surface area contributed by atoms with Crippen LogP contribution in [-0.4, -0.2) is 33.6 Å². The van der Waals surface area contributed by atoms with Crippen molar-refractivity contribution in [3.05, 3.63) is 52.8 Å². The van der Waals surface area contributed by atoms with Crippen molar-refractivity contribution in [2.24, 2.45) is 13.0 Å². The maximum absolute atomic E-state index is 13.0. The van der Waals surface area contributed by atoms with Crippen molar-refractivity contribution in [1.29, 1.82) is 0 Å². The smallest absolute Gasteiger partial charge is 0.167 e. The molecule has 1 aliphatic heterocycles. The molecule has 0 saturated carbocycles. The molecule has 0 radical (unpaired) electrons. The molecule has 3 rings (SSSR count). The lowest BCUT2D eigenvalue weighted by Crippen LogP contribution is -2.38. The quantitative estimate of drug-likeness (QED) is 0.776. The van der Waals surface area contributed by atoms with Gasteiger partial charge in [0.05, 0.1) is 5.69 Å². The maximum atomic E-state index is 13.0. The molecule has 0 bridgehead atoms. The molecular weight excluding hydrogens is 322 g/mol. The summed E-state index contributed by atoms with van der Waals surface area (Å²) in [5.74, 6) is 0.388. The zero-order valence-electron chi connectivity index (χ0n) is 16.7. The Labute approximate surface area is 157 Å². The Bertz CT molecular complexity index is 768. The molecule has 1 atom stereocenters. The van der Waals surface area contributed by atoms with E-state index in [0.29, 0.717) is 0 Å². The minimum absolute atomic E-state index is 0.0983. The number of piperidine rings is 1. The van der Waals surface area contributed by atoms with Gasteiger partial charge in [0.25, 0.3) is 0 Å². The molecule has 0 aliphatic carbocycles. The number of aromatic nitrogens is 2. The Hall–Kier alpha value is -1.94. The standard InChI is InChI=1S/C22H31N3O/c1-16-19(13-24(5)23-16)15-25-12-6-7-18(14-25)21(26)17-8-10-20(11-9-17)22(2,3)4/h8-11,13,18H,6-7,12,14-15H2,1-5H3/t18-/m1/s1. The second kappa shape index (κ2) is 7.36. The summed E-state index contributed by atoms with van der Waals surface area (Å²) in [5, 5.41) is 4.43. The number of nitrogens with zero attached hydrogens (tertiary/aromatic N) is 3. The molecule has 4 heteroatoms. The van der Waals surface area contributed by atoms with Crippen molar-refractivity contribution in [2.45, 2.75) is 52.5 Å². The topological polar surface area (TPSA) is 38.1 Å². The average Bonchev–Trinajstić information content (AvgIpc) is 2.91.